The number of pyridine rings is 1. The molecule has 0 saturated heterocycles. The maximum atomic E-state index is 5.98. The Labute approximate surface area is 179 Å². The first kappa shape index (κ1) is 18.7. The Bertz CT molecular complexity index is 1350. The topological polar surface area (TPSA) is 76.6 Å². The standard InChI is InChI=1S/C25H19N5O/c1-2-10-24-20(7-1)13-14-22(26-24)17-31-23-9-4-6-19(16-23)12-11-18-5-3-8-21(15-18)25-27-29-30-28-25/h1-16H,17H2,(H,27,28,29,30)/b12-11+. The van der Waals surface area contributed by atoms with Crippen LogP contribution in [0.4, 0.5) is 0 Å². The van der Waals surface area contributed by atoms with E-state index < -0.39 is 0 Å². The van der Waals surface area contributed by atoms with E-state index >= 15 is 0 Å². The Kier molecular flexibility index (Phi) is 5.18. The van der Waals surface area contributed by atoms with Crippen molar-refractivity contribution < 1.29 is 4.74 Å². The molecular weight excluding hydrogens is 386 g/mol. The number of nitrogens with one attached hydrogen (secondary N) is 1. The molecule has 0 aliphatic carbocycles. The number of H-pyrrole nitrogens is 1. The lowest BCUT2D eigenvalue weighted by molar-refractivity contribution is 0.302. The van der Waals surface area contributed by atoms with Crippen LogP contribution in [0.3, 0.4) is 0 Å². The van der Waals surface area contributed by atoms with E-state index in [4.69, 9.17) is 4.74 Å². The number of aromatic nitrogens is 5. The van der Waals surface area contributed by atoms with Gasteiger partial charge in [0.05, 0.1) is 11.2 Å². The molecule has 1 N–H and O–H groups in total. The number of tetrazole rings is 1. The minimum absolute atomic E-state index is 0.422. The number of hydrogen-bond donors (Lipinski definition) is 1. The van der Waals surface area contributed by atoms with Crippen LogP contribution in [0.15, 0.2) is 84.9 Å². The number of nitrogens with zero attached hydrogens (tertiary/aromatic N) is 4. The molecule has 0 unspecified atom stereocenters. The van der Waals surface area contributed by atoms with Gasteiger partial charge < -0.3 is 4.74 Å². The quantitative estimate of drug-likeness (QED) is 0.395. The van der Waals surface area contributed by atoms with Gasteiger partial charge in [0.1, 0.15) is 12.4 Å². The highest BCUT2D eigenvalue weighted by Gasteiger charge is 2.02. The minimum Gasteiger partial charge on any atom is -0.487 e. The highest BCUT2D eigenvalue weighted by Crippen LogP contribution is 2.20. The second-order valence-corrected chi connectivity index (χ2v) is 7.07. The summed E-state index contributed by atoms with van der Waals surface area (Å²) in [7, 11) is 0. The second-order valence-electron chi connectivity index (χ2n) is 7.07. The van der Waals surface area contributed by atoms with E-state index in [2.05, 4.69) is 49.9 Å². The Morgan fingerprint density at radius 3 is 2.52 bits per heavy atom. The predicted molar refractivity (Wildman–Crippen MR) is 121 cm³/mol. The fraction of sp³-hybridized carbons (Fsp3) is 0.0400. The molecule has 0 amide bonds. The number of ether oxygens (including phenoxy) is 1. The van der Waals surface area contributed by atoms with E-state index in [0.29, 0.717) is 12.4 Å². The highest BCUT2D eigenvalue weighted by molar-refractivity contribution is 5.78. The smallest absolute Gasteiger partial charge is 0.179 e. The van der Waals surface area contributed by atoms with Crippen molar-refractivity contribution >= 4 is 23.1 Å². The molecule has 5 aromatic rings. The van der Waals surface area contributed by atoms with Crippen molar-refractivity contribution in [3.63, 3.8) is 0 Å². The number of aromatic amines is 1. The summed E-state index contributed by atoms with van der Waals surface area (Å²) in [5.74, 6) is 1.45. The molecule has 2 aromatic heterocycles. The van der Waals surface area contributed by atoms with Crippen LogP contribution in [0.5, 0.6) is 5.75 Å². The van der Waals surface area contributed by atoms with Gasteiger partial charge in [-0.2, -0.15) is 0 Å². The lowest BCUT2D eigenvalue weighted by Gasteiger charge is -2.07. The minimum atomic E-state index is 0.422. The lowest BCUT2D eigenvalue weighted by Crippen LogP contribution is -1.98. The molecule has 31 heavy (non-hydrogen) atoms. The summed E-state index contributed by atoms with van der Waals surface area (Å²) in [6, 6.07) is 28.2. The summed E-state index contributed by atoms with van der Waals surface area (Å²) < 4.78 is 5.98. The molecule has 6 nitrogen and oxygen atoms in total. The largest absolute Gasteiger partial charge is 0.487 e. The zero-order valence-electron chi connectivity index (χ0n) is 16.6. The molecule has 150 valence electrons. The van der Waals surface area contributed by atoms with Crippen LogP contribution in [0, 0.1) is 0 Å². The van der Waals surface area contributed by atoms with Crippen LogP contribution in [-0.4, -0.2) is 25.6 Å². The monoisotopic (exact) mass is 405 g/mol. The van der Waals surface area contributed by atoms with Crippen molar-refractivity contribution in [2.45, 2.75) is 6.61 Å². The first-order valence-corrected chi connectivity index (χ1v) is 9.93. The van der Waals surface area contributed by atoms with Gasteiger partial charge in [-0.1, -0.05) is 66.7 Å². The predicted octanol–water partition coefficient (Wildman–Crippen LogP) is 5.16. The molecule has 0 aliphatic rings. The SMILES string of the molecule is C(=C\c1cccc(-c2nnn[nH]2)c1)/c1cccc(OCc2ccc3ccccc3n2)c1. The summed E-state index contributed by atoms with van der Waals surface area (Å²) in [6.45, 7) is 0.422. The molecule has 5 rings (SSSR count). The van der Waals surface area contributed by atoms with E-state index in [9.17, 15) is 0 Å². The average Bonchev–Trinajstić information content (AvgIpc) is 3.37. The van der Waals surface area contributed by atoms with Crippen LogP contribution in [0.1, 0.15) is 16.8 Å². The van der Waals surface area contributed by atoms with Crippen molar-refractivity contribution in [1.29, 1.82) is 0 Å². The first-order chi connectivity index (χ1) is 15.3. The van der Waals surface area contributed by atoms with E-state index in [1.165, 1.54) is 0 Å². The number of para-hydroxylation sites is 1. The molecule has 0 spiro atoms. The van der Waals surface area contributed by atoms with Gasteiger partial charge in [-0.25, -0.2) is 10.1 Å². The molecule has 0 bridgehead atoms. The third-order valence-corrected chi connectivity index (χ3v) is 4.87. The molecule has 3 aromatic carbocycles. The summed E-state index contributed by atoms with van der Waals surface area (Å²) in [5.41, 5.74) is 4.92. The maximum absolute atomic E-state index is 5.98. The molecular formula is C25H19N5O. The van der Waals surface area contributed by atoms with Gasteiger partial charge in [0, 0.05) is 10.9 Å². The molecule has 0 saturated carbocycles. The third-order valence-electron chi connectivity index (χ3n) is 4.87. The average molecular weight is 405 g/mol. The van der Waals surface area contributed by atoms with Crippen molar-refractivity contribution in [2.75, 3.05) is 0 Å². The normalized spacial score (nSPS) is 11.2. The molecule has 0 atom stereocenters. The Hall–Kier alpha value is -4.32. The van der Waals surface area contributed by atoms with Gasteiger partial charge in [-0.15, -0.1) is 5.10 Å². The van der Waals surface area contributed by atoms with Crippen molar-refractivity contribution in [3.8, 4) is 17.1 Å². The second kappa shape index (κ2) is 8.59. The molecule has 2 heterocycles. The summed E-state index contributed by atoms with van der Waals surface area (Å²) in [5, 5.41) is 15.1. The Morgan fingerprint density at radius 2 is 1.65 bits per heavy atom. The van der Waals surface area contributed by atoms with E-state index in [1.54, 1.807) is 0 Å². The molecule has 6 heteroatoms. The van der Waals surface area contributed by atoms with Crippen LogP contribution < -0.4 is 4.74 Å². The van der Waals surface area contributed by atoms with E-state index in [1.807, 2.05) is 72.8 Å². The van der Waals surface area contributed by atoms with Crippen LogP contribution in [-0.2, 0) is 6.61 Å². The number of fused-ring (bicyclic) bond motifs is 1. The van der Waals surface area contributed by atoms with Crippen LogP contribution >= 0.6 is 0 Å². The lowest BCUT2D eigenvalue weighted by atomic mass is 10.1. The van der Waals surface area contributed by atoms with Crippen LogP contribution in [0.25, 0.3) is 34.4 Å². The van der Waals surface area contributed by atoms with E-state index in [-0.39, 0.29) is 0 Å². The van der Waals surface area contributed by atoms with E-state index in [0.717, 1.165) is 39.0 Å². The molecule has 0 radical (unpaired) electrons. The van der Waals surface area contributed by atoms with Crippen molar-refractivity contribution in [1.82, 2.24) is 25.6 Å². The number of rotatable bonds is 6. The van der Waals surface area contributed by atoms with Gasteiger partial charge in [0.2, 0.25) is 0 Å². The van der Waals surface area contributed by atoms with Crippen molar-refractivity contribution in [3.05, 3.63) is 102 Å². The van der Waals surface area contributed by atoms with Crippen LogP contribution in [0.2, 0.25) is 0 Å². The number of hydrogen-bond acceptors (Lipinski definition) is 5. The summed E-state index contributed by atoms with van der Waals surface area (Å²) in [6.07, 6.45) is 4.11. The Balaban J connectivity index is 1.28. The zero-order valence-corrected chi connectivity index (χ0v) is 16.6. The first-order valence-electron chi connectivity index (χ1n) is 9.93. The van der Waals surface area contributed by atoms with Gasteiger partial charge in [-0.3, -0.25) is 0 Å². The maximum Gasteiger partial charge on any atom is 0.179 e. The van der Waals surface area contributed by atoms with Crippen molar-refractivity contribution in [2.24, 2.45) is 0 Å². The molecule has 0 fully saturated rings. The highest BCUT2D eigenvalue weighted by atomic mass is 16.5. The van der Waals surface area contributed by atoms with Gasteiger partial charge >= 0.3 is 0 Å². The van der Waals surface area contributed by atoms with Gasteiger partial charge in [-0.05, 0) is 51.9 Å². The summed E-state index contributed by atoms with van der Waals surface area (Å²) >= 11 is 0. The fourth-order valence-electron chi connectivity index (χ4n) is 3.32. The zero-order chi connectivity index (χ0) is 20.9. The van der Waals surface area contributed by atoms with Gasteiger partial charge in [0.25, 0.3) is 0 Å². The number of benzene rings is 3. The molecule has 0 aliphatic heterocycles. The fourth-order valence-corrected chi connectivity index (χ4v) is 3.32. The summed E-state index contributed by atoms with van der Waals surface area (Å²) in [4.78, 5) is 4.66. The van der Waals surface area contributed by atoms with Gasteiger partial charge in [0.15, 0.2) is 5.82 Å². The Morgan fingerprint density at radius 1 is 0.806 bits per heavy atom. The third kappa shape index (κ3) is 4.48.